The molecule has 194 valence electrons. The van der Waals surface area contributed by atoms with E-state index in [-0.39, 0.29) is 47.7 Å². The molecule has 0 aromatic heterocycles. The van der Waals surface area contributed by atoms with Crippen LogP contribution in [0.5, 0.6) is 11.5 Å². The molecule has 6 heteroatoms. The maximum Gasteiger partial charge on any atom is 0.311 e. The Hall–Kier alpha value is -4.00. The first kappa shape index (κ1) is 25.6. The van der Waals surface area contributed by atoms with Gasteiger partial charge in [0, 0.05) is 18.9 Å². The number of esters is 1. The number of phenols is 1. The van der Waals surface area contributed by atoms with E-state index in [9.17, 15) is 19.8 Å². The normalized spacial score (nSPS) is 23.7. The van der Waals surface area contributed by atoms with Crippen molar-refractivity contribution in [2.24, 2.45) is 0 Å². The van der Waals surface area contributed by atoms with Crippen molar-refractivity contribution in [3.8, 4) is 11.5 Å². The first-order chi connectivity index (χ1) is 18.4. The van der Waals surface area contributed by atoms with Crippen LogP contribution in [0.25, 0.3) is 12.2 Å². The summed E-state index contributed by atoms with van der Waals surface area (Å²) in [7, 11) is 0. The number of carbonyl (C=O) groups is 2. The molecule has 1 fully saturated rings. The Morgan fingerprint density at radius 3 is 2.37 bits per heavy atom. The van der Waals surface area contributed by atoms with Gasteiger partial charge in [0.05, 0.1) is 11.7 Å². The highest BCUT2D eigenvalue weighted by molar-refractivity contribution is 6.09. The summed E-state index contributed by atoms with van der Waals surface area (Å²) in [5, 5.41) is 22.2. The predicted octanol–water partition coefficient (Wildman–Crippen LogP) is 6.04. The summed E-state index contributed by atoms with van der Waals surface area (Å²) in [6.45, 7) is 0. The molecule has 3 aromatic carbocycles. The number of allylic oxidation sites excluding steroid dienone is 1. The van der Waals surface area contributed by atoms with Gasteiger partial charge in [-0.05, 0) is 60.1 Å². The summed E-state index contributed by atoms with van der Waals surface area (Å²) < 4.78 is 11.8. The third kappa shape index (κ3) is 6.10. The smallest absolute Gasteiger partial charge is 0.311 e. The van der Waals surface area contributed by atoms with E-state index in [1.807, 2.05) is 66.7 Å². The van der Waals surface area contributed by atoms with Crippen LogP contribution in [0, 0.1) is 0 Å². The summed E-state index contributed by atoms with van der Waals surface area (Å²) in [5.74, 6) is -2.66. The number of rotatable bonds is 5. The zero-order valence-electron chi connectivity index (χ0n) is 21.0. The van der Waals surface area contributed by atoms with Crippen LogP contribution in [0.4, 0.5) is 0 Å². The highest BCUT2D eigenvalue weighted by atomic mass is 16.6. The van der Waals surface area contributed by atoms with Gasteiger partial charge in [0.15, 0.2) is 11.6 Å². The van der Waals surface area contributed by atoms with Crippen molar-refractivity contribution < 1.29 is 29.3 Å². The van der Waals surface area contributed by atoms with Crippen LogP contribution in [0.2, 0.25) is 0 Å². The van der Waals surface area contributed by atoms with Crippen LogP contribution in [-0.4, -0.2) is 33.9 Å². The second-order valence-electron chi connectivity index (χ2n) is 9.85. The number of benzene rings is 3. The lowest BCUT2D eigenvalue weighted by molar-refractivity contribution is -0.227. The van der Waals surface area contributed by atoms with Crippen LogP contribution in [0.3, 0.4) is 0 Å². The van der Waals surface area contributed by atoms with Crippen LogP contribution >= 0.6 is 0 Å². The van der Waals surface area contributed by atoms with Gasteiger partial charge in [-0.2, -0.15) is 0 Å². The van der Waals surface area contributed by atoms with Crippen LogP contribution in [0.1, 0.15) is 65.1 Å². The number of phenolic OH excluding ortho intramolecular Hbond substituents is 1. The van der Waals surface area contributed by atoms with Crippen LogP contribution < -0.4 is 4.74 Å². The topological polar surface area (TPSA) is 93.1 Å². The molecular weight excluding hydrogens is 480 g/mol. The molecule has 2 heterocycles. The lowest BCUT2D eigenvalue weighted by Crippen LogP contribution is -2.42. The van der Waals surface area contributed by atoms with Gasteiger partial charge < -0.3 is 19.7 Å². The largest absolute Gasteiger partial charge is 0.507 e. The lowest BCUT2D eigenvalue weighted by atomic mass is 9.81. The average Bonchev–Trinajstić information content (AvgIpc) is 2.91. The highest BCUT2D eigenvalue weighted by Gasteiger charge is 2.40. The quantitative estimate of drug-likeness (QED) is 0.188. The molecule has 3 aromatic rings. The first-order valence-corrected chi connectivity index (χ1v) is 12.9. The van der Waals surface area contributed by atoms with Crippen molar-refractivity contribution >= 4 is 23.9 Å². The molecule has 2 aliphatic heterocycles. The number of ketones is 1. The summed E-state index contributed by atoms with van der Waals surface area (Å²) in [6, 6.07) is 22.0. The summed E-state index contributed by atoms with van der Waals surface area (Å²) in [4.78, 5) is 25.6. The third-order valence-electron chi connectivity index (χ3n) is 6.98. The zero-order valence-corrected chi connectivity index (χ0v) is 21.0. The Balaban J connectivity index is 1.50. The minimum atomic E-state index is -1.54. The minimum Gasteiger partial charge on any atom is -0.507 e. The molecule has 1 saturated heterocycles. The molecule has 0 aliphatic carbocycles. The SMILES string of the molecule is O=C1CCCC2CC(CC(O)(C=Cc3ccccc3)O2)c2cc(C(=O)C=Cc3ccccc3)c(O)cc2O1. The van der Waals surface area contributed by atoms with Gasteiger partial charge in [-0.15, -0.1) is 0 Å². The molecule has 0 saturated carbocycles. The number of hydrogen-bond acceptors (Lipinski definition) is 6. The third-order valence-corrected chi connectivity index (χ3v) is 6.98. The van der Waals surface area contributed by atoms with E-state index < -0.39 is 11.8 Å². The molecular formula is C32H30O6. The van der Waals surface area contributed by atoms with Gasteiger partial charge in [0.2, 0.25) is 0 Å². The summed E-state index contributed by atoms with van der Waals surface area (Å²) in [6.07, 6.45) is 8.41. The van der Waals surface area contributed by atoms with E-state index in [1.54, 1.807) is 18.2 Å². The molecule has 0 spiro atoms. The van der Waals surface area contributed by atoms with Gasteiger partial charge in [0.1, 0.15) is 11.5 Å². The summed E-state index contributed by atoms with van der Waals surface area (Å²) >= 11 is 0. The molecule has 6 nitrogen and oxygen atoms in total. The lowest BCUT2D eigenvalue weighted by Gasteiger charge is -2.41. The number of fused-ring (bicyclic) bond motifs is 4. The van der Waals surface area contributed by atoms with E-state index in [0.717, 1.165) is 11.1 Å². The van der Waals surface area contributed by atoms with Crippen molar-refractivity contribution in [2.75, 3.05) is 0 Å². The fraction of sp³-hybridized carbons (Fsp3) is 0.250. The Labute approximate surface area is 221 Å². The fourth-order valence-electron chi connectivity index (χ4n) is 5.11. The Kier molecular flexibility index (Phi) is 7.54. The van der Waals surface area contributed by atoms with Gasteiger partial charge in [-0.3, -0.25) is 9.59 Å². The van der Waals surface area contributed by atoms with E-state index in [4.69, 9.17) is 9.47 Å². The standard InChI is InChI=1S/C32H30O6/c33-28(15-14-22-8-3-1-4-9-22)27-19-26-24-18-25(12-7-13-31(35)37-30(26)20-29(27)34)38-32(36,21-24)17-16-23-10-5-2-6-11-23/h1-6,8-11,14-17,19-20,24-25,34,36H,7,12-13,18,21H2. The second kappa shape index (κ2) is 11.2. The fourth-order valence-corrected chi connectivity index (χ4v) is 5.11. The predicted molar refractivity (Wildman–Crippen MR) is 145 cm³/mol. The molecule has 2 aliphatic rings. The van der Waals surface area contributed by atoms with E-state index in [2.05, 4.69) is 0 Å². The van der Waals surface area contributed by atoms with E-state index >= 15 is 0 Å². The molecule has 0 radical (unpaired) electrons. The average molecular weight is 511 g/mol. The van der Waals surface area contributed by atoms with E-state index in [0.29, 0.717) is 24.8 Å². The number of aliphatic hydroxyl groups is 1. The van der Waals surface area contributed by atoms with Crippen molar-refractivity contribution in [1.82, 2.24) is 0 Å². The molecule has 2 bridgehead atoms. The van der Waals surface area contributed by atoms with Crippen molar-refractivity contribution in [1.29, 1.82) is 0 Å². The Morgan fingerprint density at radius 2 is 1.66 bits per heavy atom. The first-order valence-electron chi connectivity index (χ1n) is 12.9. The molecule has 3 unspecified atom stereocenters. The van der Waals surface area contributed by atoms with Gasteiger partial charge in [0.25, 0.3) is 0 Å². The molecule has 2 N–H and O–H groups in total. The molecule has 5 rings (SSSR count). The minimum absolute atomic E-state index is 0.107. The number of carbonyl (C=O) groups excluding carboxylic acids is 2. The van der Waals surface area contributed by atoms with Crippen molar-refractivity contribution in [3.05, 3.63) is 107 Å². The van der Waals surface area contributed by atoms with Gasteiger partial charge in [-0.25, -0.2) is 0 Å². The highest BCUT2D eigenvalue weighted by Crippen LogP contribution is 2.45. The van der Waals surface area contributed by atoms with E-state index in [1.165, 1.54) is 12.1 Å². The van der Waals surface area contributed by atoms with Crippen molar-refractivity contribution in [3.63, 3.8) is 0 Å². The maximum absolute atomic E-state index is 13.1. The Bertz CT molecular complexity index is 1360. The van der Waals surface area contributed by atoms with Gasteiger partial charge in [-0.1, -0.05) is 72.8 Å². The maximum atomic E-state index is 13.1. The zero-order chi connectivity index (χ0) is 26.5. The second-order valence-corrected chi connectivity index (χ2v) is 9.85. The number of aromatic hydroxyl groups is 1. The molecule has 38 heavy (non-hydrogen) atoms. The monoisotopic (exact) mass is 510 g/mol. The van der Waals surface area contributed by atoms with Crippen molar-refractivity contribution in [2.45, 2.75) is 49.9 Å². The van der Waals surface area contributed by atoms with Crippen LogP contribution in [0.15, 0.2) is 84.9 Å². The molecule has 0 amide bonds. The van der Waals surface area contributed by atoms with Gasteiger partial charge >= 0.3 is 5.97 Å². The van der Waals surface area contributed by atoms with Crippen LogP contribution in [-0.2, 0) is 9.53 Å². The summed E-state index contributed by atoms with van der Waals surface area (Å²) in [5.41, 5.74) is 2.49. The number of ether oxygens (including phenoxy) is 2. The Morgan fingerprint density at radius 1 is 0.974 bits per heavy atom. The molecule has 3 atom stereocenters. The number of hydrogen-bond donors (Lipinski definition) is 2.